The van der Waals surface area contributed by atoms with Crippen molar-refractivity contribution in [2.75, 3.05) is 0 Å². The number of rotatable bonds is 3. The van der Waals surface area contributed by atoms with Gasteiger partial charge in [0.15, 0.2) is 0 Å². The van der Waals surface area contributed by atoms with E-state index in [9.17, 15) is 19.7 Å². The zero-order valence-electron chi connectivity index (χ0n) is 9.24. The first-order chi connectivity index (χ1) is 8.47. The first kappa shape index (κ1) is 12.2. The Labute approximate surface area is 104 Å². The van der Waals surface area contributed by atoms with Crippen molar-refractivity contribution < 1.29 is 4.92 Å². The molecule has 1 N–H and O–H groups in total. The van der Waals surface area contributed by atoms with Crippen LogP contribution in [0.3, 0.4) is 0 Å². The van der Waals surface area contributed by atoms with E-state index in [-0.39, 0.29) is 6.54 Å². The van der Waals surface area contributed by atoms with Crippen molar-refractivity contribution >= 4 is 17.0 Å². The molecule has 0 atom stereocenters. The average Bonchev–Trinajstić information content (AvgIpc) is 2.67. The van der Waals surface area contributed by atoms with Crippen LogP contribution in [0.25, 0.3) is 0 Å². The summed E-state index contributed by atoms with van der Waals surface area (Å²) in [6.45, 7) is 1.95. The number of nitrogens with one attached hydrogen (secondary N) is 1. The van der Waals surface area contributed by atoms with Crippen LogP contribution in [0.5, 0.6) is 0 Å². The summed E-state index contributed by atoms with van der Waals surface area (Å²) in [7, 11) is 0. The van der Waals surface area contributed by atoms with Gasteiger partial charge in [-0.15, -0.1) is 11.3 Å². The fraction of sp³-hybridized carbons (Fsp3) is 0.222. The van der Waals surface area contributed by atoms with E-state index in [1.54, 1.807) is 6.20 Å². The van der Waals surface area contributed by atoms with Crippen molar-refractivity contribution in [1.29, 1.82) is 0 Å². The fourth-order valence-corrected chi connectivity index (χ4v) is 2.19. The van der Waals surface area contributed by atoms with E-state index < -0.39 is 21.9 Å². The molecule has 2 aromatic rings. The minimum atomic E-state index is -0.998. The number of hydrogen-bond donors (Lipinski definition) is 1. The van der Waals surface area contributed by atoms with Gasteiger partial charge in [-0.25, -0.2) is 9.78 Å². The molecule has 2 rings (SSSR count). The predicted octanol–water partition coefficient (Wildman–Crippen LogP) is 0.258. The van der Waals surface area contributed by atoms with Gasteiger partial charge in [0.2, 0.25) is 0 Å². The van der Waals surface area contributed by atoms with Crippen molar-refractivity contribution in [1.82, 2.24) is 14.5 Å². The second kappa shape index (κ2) is 4.53. The molecule has 8 nitrogen and oxygen atoms in total. The Morgan fingerprint density at radius 3 is 2.83 bits per heavy atom. The molecule has 0 aliphatic carbocycles. The van der Waals surface area contributed by atoms with E-state index in [0.29, 0.717) is 0 Å². The van der Waals surface area contributed by atoms with Gasteiger partial charge < -0.3 is 0 Å². The fourth-order valence-electron chi connectivity index (χ4n) is 1.39. The van der Waals surface area contributed by atoms with Crippen LogP contribution >= 0.6 is 11.3 Å². The van der Waals surface area contributed by atoms with Gasteiger partial charge in [-0.2, -0.15) is 0 Å². The highest BCUT2D eigenvalue weighted by Crippen LogP contribution is 2.12. The zero-order valence-corrected chi connectivity index (χ0v) is 10.1. The zero-order chi connectivity index (χ0) is 13.3. The molecule has 0 bridgehead atoms. The van der Waals surface area contributed by atoms with Crippen LogP contribution in [-0.2, 0) is 6.54 Å². The van der Waals surface area contributed by atoms with Crippen molar-refractivity contribution in [2.45, 2.75) is 13.5 Å². The molecule has 0 radical (unpaired) electrons. The van der Waals surface area contributed by atoms with Crippen LogP contribution in [0, 0.1) is 17.0 Å². The summed E-state index contributed by atoms with van der Waals surface area (Å²) in [5.74, 6) is 0. The van der Waals surface area contributed by atoms with Gasteiger partial charge in [-0.1, -0.05) is 0 Å². The maximum absolute atomic E-state index is 11.5. The van der Waals surface area contributed by atoms with Crippen molar-refractivity contribution in [2.24, 2.45) is 0 Å². The number of aromatic nitrogens is 3. The third kappa shape index (κ3) is 2.35. The summed E-state index contributed by atoms with van der Waals surface area (Å²) in [6, 6.07) is 0. The van der Waals surface area contributed by atoms with Crippen molar-refractivity contribution in [3.63, 3.8) is 0 Å². The number of aryl methyl sites for hydroxylation is 1. The molecule has 94 valence electrons. The van der Waals surface area contributed by atoms with E-state index in [2.05, 4.69) is 4.98 Å². The minimum absolute atomic E-state index is 0.141. The number of hydrogen-bond acceptors (Lipinski definition) is 6. The molecule has 18 heavy (non-hydrogen) atoms. The van der Waals surface area contributed by atoms with Gasteiger partial charge in [0.05, 0.1) is 22.7 Å². The molecule has 0 unspecified atom stereocenters. The van der Waals surface area contributed by atoms with Gasteiger partial charge in [0, 0.05) is 11.1 Å². The van der Waals surface area contributed by atoms with Crippen molar-refractivity contribution in [3.8, 4) is 0 Å². The minimum Gasteiger partial charge on any atom is -0.288 e. The summed E-state index contributed by atoms with van der Waals surface area (Å²) in [5, 5.41) is 11.4. The third-order valence-electron chi connectivity index (χ3n) is 2.18. The maximum Gasteiger partial charge on any atom is 0.350 e. The highest BCUT2D eigenvalue weighted by atomic mass is 32.1. The Hall–Kier alpha value is -2.29. The van der Waals surface area contributed by atoms with Crippen molar-refractivity contribution in [3.05, 3.63) is 53.2 Å². The highest BCUT2D eigenvalue weighted by molar-refractivity contribution is 7.11. The number of thiazole rings is 1. The molecule has 0 amide bonds. The molecule has 0 aliphatic heterocycles. The highest BCUT2D eigenvalue weighted by Gasteiger charge is 2.15. The Balaban J connectivity index is 2.45. The lowest BCUT2D eigenvalue weighted by Gasteiger charge is -2.01. The van der Waals surface area contributed by atoms with Gasteiger partial charge in [0.1, 0.15) is 0 Å². The van der Waals surface area contributed by atoms with Gasteiger partial charge >= 0.3 is 16.9 Å². The molecule has 9 heteroatoms. The number of nitrogens with zero attached hydrogens (tertiary/aromatic N) is 3. The lowest BCUT2D eigenvalue weighted by atomic mass is 10.5. The van der Waals surface area contributed by atoms with Gasteiger partial charge in [0.25, 0.3) is 0 Å². The lowest BCUT2D eigenvalue weighted by Crippen LogP contribution is -2.30. The van der Waals surface area contributed by atoms with Gasteiger partial charge in [-0.05, 0) is 6.92 Å². The number of nitro groups is 1. The maximum atomic E-state index is 11.5. The van der Waals surface area contributed by atoms with Crippen LogP contribution in [0.2, 0.25) is 0 Å². The largest absolute Gasteiger partial charge is 0.350 e. The number of aromatic amines is 1. The quantitative estimate of drug-likeness (QED) is 0.634. The SMILES string of the molecule is Cc1ncc(Cn2cc([N+](=O)[O-])c(=O)[nH]c2=O)s1. The second-order valence-electron chi connectivity index (χ2n) is 3.50. The molecular formula is C9H8N4O4S. The van der Waals surface area contributed by atoms with Crippen LogP contribution in [-0.4, -0.2) is 19.5 Å². The molecule has 2 aromatic heterocycles. The monoisotopic (exact) mass is 268 g/mol. The van der Waals surface area contributed by atoms with E-state index in [1.807, 2.05) is 11.9 Å². The Morgan fingerprint density at radius 1 is 1.56 bits per heavy atom. The first-order valence-electron chi connectivity index (χ1n) is 4.87. The third-order valence-corrected chi connectivity index (χ3v) is 3.08. The summed E-state index contributed by atoms with van der Waals surface area (Å²) >= 11 is 1.38. The van der Waals surface area contributed by atoms with Crippen LogP contribution < -0.4 is 11.2 Å². The predicted molar refractivity (Wildman–Crippen MR) is 63.9 cm³/mol. The summed E-state index contributed by atoms with van der Waals surface area (Å²) in [6.07, 6.45) is 2.53. The molecular weight excluding hydrogens is 260 g/mol. The Kier molecular flexibility index (Phi) is 3.06. The molecule has 0 aromatic carbocycles. The summed E-state index contributed by atoms with van der Waals surface area (Å²) in [4.78, 5) is 39.1. The van der Waals surface area contributed by atoms with E-state index in [0.717, 1.165) is 20.6 Å². The summed E-state index contributed by atoms with van der Waals surface area (Å²) in [5.41, 5.74) is -2.34. The average molecular weight is 268 g/mol. The molecule has 0 aliphatic rings. The van der Waals surface area contributed by atoms with Gasteiger partial charge in [-0.3, -0.25) is 24.5 Å². The molecule has 0 fully saturated rings. The standard InChI is InChI=1S/C9H8N4O4S/c1-5-10-2-6(18-5)3-12-4-7(13(16)17)8(14)11-9(12)15/h2,4H,3H2,1H3,(H,11,14,15). The number of H-pyrrole nitrogens is 1. The first-order valence-corrected chi connectivity index (χ1v) is 5.68. The Bertz CT molecular complexity index is 714. The van der Waals surface area contributed by atoms with Crippen LogP contribution in [0.4, 0.5) is 5.69 Å². The van der Waals surface area contributed by atoms with E-state index in [1.165, 1.54) is 11.3 Å². The Morgan fingerprint density at radius 2 is 2.28 bits per heavy atom. The lowest BCUT2D eigenvalue weighted by molar-refractivity contribution is -0.386. The normalized spacial score (nSPS) is 10.5. The topological polar surface area (TPSA) is 111 Å². The molecule has 2 heterocycles. The molecule has 0 saturated carbocycles. The summed E-state index contributed by atoms with van der Waals surface area (Å²) < 4.78 is 1.08. The van der Waals surface area contributed by atoms with Crippen LogP contribution in [0.1, 0.15) is 9.88 Å². The molecule has 0 saturated heterocycles. The van der Waals surface area contributed by atoms with Crippen LogP contribution in [0.15, 0.2) is 22.0 Å². The smallest absolute Gasteiger partial charge is 0.288 e. The second-order valence-corrected chi connectivity index (χ2v) is 4.82. The molecule has 0 spiro atoms. The van der Waals surface area contributed by atoms with E-state index >= 15 is 0 Å². The van der Waals surface area contributed by atoms with E-state index in [4.69, 9.17) is 0 Å².